The summed E-state index contributed by atoms with van der Waals surface area (Å²) in [6.07, 6.45) is -3.47. The summed E-state index contributed by atoms with van der Waals surface area (Å²) < 4.78 is 63.0. The van der Waals surface area contributed by atoms with Gasteiger partial charge in [0.05, 0.1) is 23.6 Å². The molecule has 0 aromatic heterocycles. The molecule has 21 heavy (non-hydrogen) atoms. The predicted molar refractivity (Wildman–Crippen MR) is 72.3 cm³/mol. The van der Waals surface area contributed by atoms with Crippen molar-refractivity contribution in [2.75, 3.05) is 13.3 Å². The molecule has 0 bridgehead atoms. The van der Waals surface area contributed by atoms with E-state index < -0.39 is 52.4 Å². The molecular formula is C13H18F3NO3S. The van der Waals surface area contributed by atoms with Gasteiger partial charge in [0.15, 0.2) is 0 Å². The van der Waals surface area contributed by atoms with Gasteiger partial charge in [-0.15, -0.1) is 0 Å². The second-order valence-corrected chi connectivity index (χ2v) is 6.65. The molecule has 1 aromatic carbocycles. The second kappa shape index (κ2) is 6.76. The monoisotopic (exact) mass is 325 g/mol. The number of rotatable bonds is 7. The van der Waals surface area contributed by atoms with Gasteiger partial charge in [0, 0.05) is 0 Å². The van der Waals surface area contributed by atoms with E-state index in [1.165, 1.54) is 25.1 Å². The quantitative estimate of drug-likeness (QED) is 0.802. The first kappa shape index (κ1) is 17.9. The maximum Gasteiger partial charge on any atom is 0.250 e. The first-order valence-corrected chi connectivity index (χ1v) is 7.81. The minimum Gasteiger partial charge on any atom is -0.395 e. The molecule has 0 saturated carbocycles. The number of aliphatic hydroxyl groups excluding tert-OH is 1. The lowest BCUT2D eigenvalue weighted by molar-refractivity contribution is -0.00431. The normalized spacial score (nSPS) is 16.7. The van der Waals surface area contributed by atoms with Gasteiger partial charge in [-0.05, 0) is 24.0 Å². The average Bonchev–Trinajstić information content (AvgIpc) is 2.43. The van der Waals surface area contributed by atoms with Crippen LogP contribution in [-0.2, 0) is 15.4 Å². The lowest BCUT2D eigenvalue weighted by Gasteiger charge is -2.34. The Morgan fingerprint density at radius 3 is 2.33 bits per heavy atom. The molecule has 0 heterocycles. The maximum atomic E-state index is 13.6. The minimum atomic E-state index is -4.24. The average molecular weight is 325 g/mol. The van der Waals surface area contributed by atoms with Crippen LogP contribution >= 0.6 is 0 Å². The lowest BCUT2D eigenvalue weighted by Crippen LogP contribution is -2.42. The summed E-state index contributed by atoms with van der Waals surface area (Å²) in [4.78, 5) is -0.481. The van der Waals surface area contributed by atoms with Crippen LogP contribution in [0.15, 0.2) is 29.2 Å². The Balaban J connectivity index is 3.54. The third-order valence-electron chi connectivity index (χ3n) is 3.41. The molecular weight excluding hydrogens is 307 g/mol. The standard InChI is InChI=1S/C13H18F3NO3S/c1-9(7-14)6-13(8-18,12(15)16)10-4-2-3-5-11(10)21(17,19)20/h2-5,9,12,18H,6-8H2,1H3,(H2,17,19,20). The maximum absolute atomic E-state index is 13.6. The second-order valence-electron chi connectivity index (χ2n) is 5.12. The largest absolute Gasteiger partial charge is 0.395 e. The van der Waals surface area contributed by atoms with E-state index >= 15 is 0 Å². The van der Waals surface area contributed by atoms with Crippen LogP contribution in [0.4, 0.5) is 13.2 Å². The van der Waals surface area contributed by atoms with Gasteiger partial charge in [-0.3, -0.25) is 4.39 Å². The van der Waals surface area contributed by atoms with Gasteiger partial charge >= 0.3 is 0 Å². The van der Waals surface area contributed by atoms with Gasteiger partial charge < -0.3 is 5.11 Å². The first-order chi connectivity index (χ1) is 9.69. The Labute approximate surface area is 121 Å². The Kier molecular flexibility index (Phi) is 5.77. The number of aliphatic hydroxyl groups is 1. The molecule has 0 aliphatic heterocycles. The molecule has 0 aliphatic rings. The number of nitrogens with two attached hydrogens (primary N) is 1. The van der Waals surface area contributed by atoms with Gasteiger partial charge in [0.25, 0.3) is 0 Å². The number of sulfonamides is 1. The number of alkyl halides is 3. The fraction of sp³-hybridized carbons (Fsp3) is 0.538. The van der Waals surface area contributed by atoms with Gasteiger partial charge in [0.2, 0.25) is 16.4 Å². The van der Waals surface area contributed by atoms with E-state index in [1.807, 2.05) is 0 Å². The third kappa shape index (κ3) is 3.75. The van der Waals surface area contributed by atoms with Crippen LogP contribution in [0.1, 0.15) is 18.9 Å². The van der Waals surface area contributed by atoms with Crippen LogP contribution in [0.5, 0.6) is 0 Å². The fourth-order valence-electron chi connectivity index (χ4n) is 2.34. The zero-order valence-corrected chi connectivity index (χ0v) is 12.3. The molecule has 0 radical (unpaired) electrons. The topological polar surface area (TPSA) is 80.4 Å². The summed E-state index contributed by atoms with van der Waals surface area (Å²) in [7, 11) is -4.24. The van der Waals surface area contributed by atoms with Crippen molar-refractivity contribution in [3.63, 3.8) is 0 Å². The number of primary sulfonamides is 1. The number of hydrogen-bond donors (Lipinski definition) is 2. The van der Waals surface area contributed by atoms with Gasteiger partial charge in [-0.25, -0.2) is 22.3 Å². The molecule has 0 aliphatic carbocycles. The van der Waals surface area contributed by atoms with Gasteiger partial charge in [0.1, 0.15) is 0 Å². The van der Waals surface area contributed by atoms with Crippen molar-refractivity contribution < 1.29 is 26.7 Å². The van der Waals surface area contributed by atoms with Crippen LogP contribution in [0.3, 0.4) is 0 Å². The van der Waals surface area contributed by atoms with E-state index in [9.17, 15) is 26.7 Å². The van der Waals surface area contributed by atoms with Gasteiger partial charge in [-0.1, -0.05) is 25.1 Å². The molecule has 2 atom stereocenters. The number of benzene rings is 1. The van der Waals surface area contributed by atoms with E-state index in [0.717, 1.165) is 6.07 Å². The molecule has 0 spiro atoms. The SMILES string of the molecule is CC(CF)CC(CO)(c1ccccc1S(N)(=O)=O)C(F)F. The molecule has 120 valence electrons. The number of halogens is 3. The highest BCUT2D eigenvalue weighted by atomic mass is 32.2. The fourth-order valence-corrected chi connectivity index (χ4v) is 3.18. The summed E-state index contributed by atoms with van der Waals surface area (Å²) >= 11 is 0. The third-order valence-corrected chi connectivity index (χ3v) is 4.38. The van der Waals surface area contributed by atoms with E-state index in [0.29, 0.717) is 0 Å². The van der Waals surface area contributed by atoms with Gasteiger partial charge in [-0.2, -0.15) is 0 Å². The van der Waals surface area contributed by atoms with Crippen molar-refractivity contribution in [3.05, 3.63) is 29.8 Å². The molecule has 1 rings (SSSR count). The highest BCUT2D eigenvalue weighted by molar-refractivity contribution is 7.89. The molecule has 3 N–H and O–H groups in total. The molecule has 4 nitrogen and oxygen atoms in total. The van der Waals surface area contributed by atoms with Crippen molar-refractivity contribution in [2.24, 2.45) is 11.1 Å². The lowest BCUT2D eigenvalue weighted by atomic mass is 9.75. The molecule has 0 amide bonds. The Morgan fingerprint density at radius 1 is 1.33 bits per heavy atom. The van der Waals surface area contributed by atoms with Crippen molar-refractivity contribution in [1.82, 2.24) is 0 Å². The highest BCUT2D eigenvalue weighted by Gasteiger charge is 2.45. The van der Waals surface area contributed by atoms with Crippen LogP contribution in [0.25, 0.3) is 0 Å². The van der Waals surface area contributed by atoms with Crippen LogP contribution in [0.2, 0.25) is 0 Å². The van der Waals surface area contributed by atoms with E-state index in [4.69, 9.17) is 5.14 Å². The summed E-state index contributed by atoms with van der Waals surface area (Å²) in [5.74, 6) is -0.764. The summed E-state index contributed by atoms with van der Waals surface area (Å²) in [5, 5.41) is 14.5. The van der Waals surface area contributed by atoms with Crippen molar-refractivity contribution in [3.8, 4) is 0 Å². The van der Waals surface area contributed by atoms with E-state index in [2.05, 4.69) is 0 Å². The van der Waals surface area contributed by atoms with Crippen molar-refractivity contribution in [1.29, 1.82) is 0 Å². The summed E-state index contributed by atoms with van der Waals surface area (Å²) in [6, 6.07) is 4.98. The Bertz CT molecular complexity index is 580. The zero-order chi connectivity index (χ0) is 16.3. The molecule has 2 unspecified atom stereocenters. The smallest absolute Gasteiger partial charge is 0.250 e. The molecule has 0 fully saturated rings. The van der Waals surface area contributed by atoms with Crippen LogP contribution in [0, 0.1) is 5.92 Å². The molecule has 8 heteroatoms. The van der Waals surface area contributed by atoms with Crippen molar-refractivity contribution >= 4 is 10.0 Å². The van der Waals surface area contributed by atoms with E-state index in [1.54, 1.807) is 0 Å². The molecule has 1 aromatic rings. The summed E-state index contributed by atoms with van der Waals surface area (Å²) in [6.45, 7) is -0.458. The minimum absolute atomic E-state index is 0.287. The highest BCUT2D eigenvalue weighted by Crippen LogP contribution is 2.40. The zero-order valence-electron chi connectivity index (χ0n) is 11.5. The van der Waals surface area contributed by atoms with Crippen LogP contribution in [-0.4, -0.2) is 33.2 Å². The van der Waals surface area contributed by atoms with Crippen LogP contribution < -0.4 is 5.14 Å². The van der Waals surface area contributed by atoms with E-state index in [-0.39, 0.29) is 5.56 Å². The summed E-state index contributed by atoms with van der Waals surface area (Å²) in [5.41, 5.74) is -2.46. The van der Waals surface area contributed by atoms with Crippen molar-refractivity contribution in [2.45, 2.75) is 30.1 Å². The molecule has 0 saturated heterocycles. The first-order valence-electron chi connectivity index (χ1n) is 6.26. The Morgan fingerprint density at radius 2 is 1.90 bits per heavy atom. The Hall–Kier alpha value is -1.12. The predicted octanol–water partition coefficient (Wildman–Crippen LogP) is 1.82. The number of hydrogen-bond acceptors (Lipinski definition) is 3.